The molecule has 0 aliphatic rings. The van der Waals surface area contributed by atoms with Crippen LogP contribution in [0, 0.1) is 0 Å². The molecule has 2 rings (SSSR count). The first-order valence-electron chi connectivity index (χ1n) is 7.73. The van der Waals surface area contributed by atoms with E-state index in [1.54, 1.807) is 24.3 Å². The van der Waals surface area contributed by atoms with Crippen LogP contribution in [0.5, 0.6) is 0 Å². The van der Waals surface area contributed by atoms with Crippen LogP contribution in [0.2, 0.25) is 0 Å². The first kappa shape index (κ1) is 17.8. The molecule has 2 aromatic carbocycles. The summed E-state index contributed by atoms with van der Waals surface area (Å²) in [6.45, 7) is 0.358. The van der Waals surface area contributed by atoms with Gasteiger partial charge in [0.2, 0.25) is 0 Å². The number of ether oxygens (including phenoxy) is 1. The van der Waals surface area contributed by atoms with Gasteiger partial charge in [0.05, 0.1) is 6.10 Å². The van der Waals surface area contributed by atoms with E-state index in [0.29, 0.717) is 11.3 Å². The maximum absolute atomic E-state index is 11.6. The van der Waals surface area contributed by atoms with Crippen LogP contribution >= 0.6 is 0 Å². The summed E-state index contributed by atoms with van der Waals surface area (Å²) in [6, 6.07) is 16.1. The highest BCUT2D eigenvalue weighted by molar-refractivity contribution is 5.67. The highest BCUT2D eigenvalue weighted by Gasteiger charge is 2.20. The Balaban J connectivity index is 1.71. The van der Waals surface area contributed by atoms with Crippen LogP contribution in [0.3, 0.4) is 0 Å². The van der Waals surface area contributed by atoms with Gasteiger partial charge in [0.1, 0.15) is 12.7 Å². The van der Waals surface area contributed by atoms with Crippen molar-refractivity contribution in [1.29, 1.82) is 0 Å². The first-order valence-corrected chi connectivity index (χ1v) is 7.73. The third-order valence-electron chi connectivity index (χ3n) is 3.60. The molecule has 2 unspecified atom stereocenters. The molecule has 6 nitrogen and oxygen atoms in total. The predicted octanol–water partition coefficient (Wildman–Crippen LogP) is 1.98. The molecule has 128 valence electrons. The number of benzene rings is 2. The Hall–Kier alpha value is -2.57. The minimum absolute atomic E-state index is 0.177. The molecule has 2 atom stereocenters. The van der Waals surface area contributed by atoms with Crippen LogP contribution in [0.25, 0.3) is 0 Å². The lowest BCUT2D eigenvalue weighted by atomic mass is 10.0. The second-order valence-corrected chi connectivity index (χ2v) is 5.42. The topological polar surface area (TPSA) is 105 Å². The molecule has 0 radical (unpaired) electrons. The van der Waals surface area contributed by atoms with E-state index >= 15 is 0 Å². The van der Waals surface area contributed by atoms with Crippen molar-refractivity contribution in [3.63, 3.8) is 0 Å². The average Bonchev–Trinajstić information content (AvgIpc) is 2.60. The third kappa shape index (κ3) is 5.26. The normalized spacial score (nSPS) is 13.1. The lowest BCUT2D eigenvalue weighted by Gasteiger charge is -2.19. The number of para-hydroxylation sites is 1. The lowest BCUT2D eigenvalue weighted by molar-refractivity contribution is 0.0140. The number of carbonyl (C=O) groups excluding carboxylic acids is 1. The van der Waals surface area contributed by atoms with E-state index in [9.17, 15) is 15.0 Å². The summed E-state index contributed by atoms with van der Waals surface area (Å²) in [5, 5.41) is 22.7. The number of carbonyl (C=O) groups is 1. The van der Waals surface area contributed by atoms with E-state index < -0.39 is 18.3 Å². The van der Waals surface area contributed by atoms with Gasteiger partial charge in [-0.05, 0) is 18.1 Å². The van der Waals surface area contributed by atoms with Crippen molar-refractivity contribution in [2.75, 3.05) is 12.3 Å². The van der Waals surface area contributed by atoms with Gasteiger partial charge in [-0.25, -0.2) is 4.79 Å². The number of nitrogen functional groups attached to an aromatic ring is 1. The number of hydrogen-bond donors (Lipinski definition) is 4. The molecule has 0 bridgehead atoms. The van der Waals surface area contributed by atoms with Gasteiger partial charge in [0, 0.05) is 17.8 Å². The summed E-state index contributed by atoms with van der Waals surface area (Å²) in [6.07, 6.45) is -2.53. The fourth-order valence-corrected chi connectivity index (χ4v) is 2.24. The van der Waals surface area contributed by atoms with Crippen molar-refractivity contribution >= 4 is 11.8 Å². The summed E-state index contributed by atoms with van der Waals surface area (Å²) < 4.78 is 5.06. The van der Waals surface area contributed by atoms with Crippen LogP contribution < -0.4 is 11.1 Å². The molecule has 6 heteroatoms. The fraction of sp³-hybridized carbons (Fsp3) is 0.278. The van der Waals surface area contributed by atoms with Crippen molar-refractivity contribution in [2.45, 2.75) is 25.2 Å². The molecular weight excluding hydrogens is 308 g/mol. The largest absolute Gasteiger partial charge is 0.445 e. The zero-order valence-corrected chi connectivity index (χ0v) is 13.3. The SMILES string of the molecule is Nc1ccccc1C(O)C(O)CCNC(=O)OCc1ccccc1. The van der Waals surface area contributed by atoms with Crippen molar-refractivity contribution in [3.8, 4) is 0 Å². The highest BCUT2D eigenvalue weighted by atomic mass is 16.5. The zero-order valence-electron chi connectivity index (χ0n) is 13.3. The molecule has 0 fully saturated rings. The first-order chi connectivity index (χ1) is 11.6. The van der Waals surface area contributed by atoms with Crippen LogP contribution in [0.15, 0.2) is 54.6 Å². The number of aliphatic hydroxyl groups is 2. The van der Waals surface area contributed by atoms with E-state index in [4.69, 9.17) is 10.5 Å². The molecule has 2 aromatic rings. The molecule has 1 amide bonds. The maximum atomic E-state index is 11.6. The van der Waals surface area contributed by atoms with Gasteiger partial charge in [0.25, 0.3) is 0 Å². The van der Waals surface area contributed by atoms with Gasteiger partial charge in [-0.2, -0.15) is 0 Å². The second-order valence-electron chi connectivity index (χ2n) is 5.42. The molecule has 0 spiro atoms. The predicted molar refractivity (Wildman–Crippen MR) is 91.1 cm³/mol. The number of anilines is 1. The number of rotatable bonds is 7. The smallest absolute Gasteiger partial charge is 0.407 e. The quantitative estimate of drug-likeness (QED) is 0.581. The van der Waals surface area contributed by atoms with E-state index in [1.165, 1.54) is 0 Å². The third-order valence-corrected chi connectivity index (χ3v) is 3.60. The molecule has 24 heavy (non-hydrogen) atoms. The number of alkyl carbamates (subject to hydrolysis) is 1. The standard InChI is InChI=1S/C18H22N2O4/c19-15-9-5-4-8-14(15)17(22)16(21)10-11-20-18(23)24-12-13-6-2-1-3-7-13/h1-9,16-17,21-22H,10-12,19H2,(H,20,23). The van der Waals surface area contributed by atoms with Crippen LogP contribution in [0.4, 0.5) is 10.5 Å². The fourth-order valence-electron chi connectivity index (χ4n) is 2.24. The second kappa shape index (κ2) is 8.90. The minimum atomic E-state index is -1.10. The van der Waals surface area contributed by atoms with Gasteiger partial charge in [-0.15, -0.1) is 0 Å². The Morgan fingerprint density at radius 1 is 1.08 bits per heavy atom. The number of nitrogens with one attached hydrogen (secondary N) is 1. The molecule has 0 saturated carbocycles. The summed E-state index contributed by atoms with van der Waals surface area (Å²) in [7, 11) is 0. The van der Waals surface area contributed by atoms with Crippen molar-refractivity contribution in [1.82, 2.24) is 5.32 Å². The number of hydrogen-bond acceptors (Lipinski definition) is 5. The van der Waals surface area contributed by atoms with Gasteiger partial charge in [-0.1, -0.05) is 48.5 Å². The molecule has 0 aliphatic carbocycles. The Kier molecular flexibility index (Phi) is 6.60. The Morgan fingerprint density at radius 2 is 1.75 bits per heavy atom. The van der Waals surface area contributed by atoms with Crippen LogP contribution in [-0.2, 0) is 11.3 Å². The summed E-state index contributed by atoms with van der Waals surface area (Å²) >= 11 is 0. The van der Waals surface area contributed by atoms with Gasteiger partial charge < -0.3 is 26.0 Å². The average molecular weight is 330 g/mol. The van der Waals surface area contributed by atoms with Crippen molar-refractivity contribution in [3.05, 3.63) is 65.7 Å². The summed E-state index contributed by atoms with van der Waals surface area (Å²) in [4.78, 5) is 11.6. The number of amides is 1. The molecule has 0 aliphatic heterocycles. The lowest BCUT2D eigenvalue weighted by Crippen LogP contribution is -2.30. The Morgan fingerprint density at radius 3 is 2.46 bits per heavy atom. The van der Waals surface area contributed by atoms with Crippen molar-refractivity contribution < 1.29 is 19.7 Å². The Bertz CT molecular complexity index is 648. The monoisotopic (exact) mass is 330 g/mol. The summed E-state index contributed by atoms with van der Waals surface area (Å²) in [5.74, 6) is 0. The highest BCUT2D eigenvalue weighted by Crippen LogP contribution is 2.23. The number of nitrogens with two attached hydrogens (primary N) is 1. The molecular formula is C18H22N2O4. The molecule has 0 saturated heterocycles. The van der Waals surface area contributed by atoms with E-state index in [2.05, 4.69) is 5.32 Å². The zero-order chi connectivity index (χ0) is 17.4. The maximum Gasteiger partial charge on any atom is 0.407 e. The van der Waals surface area contributed by atoms with Crippen molar-refractivity contribution in [2.24, 2.45) is 0 Å². The molecule has 0 aromatic heterocycles. The summed E-state index contributed by atoms with van der Waals surface area (Å²) in [5.41, 5.74) is 7.55. The van der Waals surface area contributed by atoms with Gasteiger partial charge in [-0.3, -0.25) is 0 Å². The Labute approximate surface area is 140 Å². The van der Waals surface area contributed by atoms with E-state index in [0.717, 1.165) is 5.56 Å². The number of aliphatic hydroxyl groups excluding tert-OH is 2. The van der Waals surface area contributed by atoms with E-state index in [-0.39, 0.29) is 19.6 Å². The van der Waals surface area contributed by atoms with Gasteiger partial charge in [0.15, 0.2) is 0 Å². The molecule has 5 N–H and O–H groups in total. The molecule has 0 heterocycles. The van der Waals surface area contributed by atoms with Crippen LogP contribution in [-0.4, -0.2) is 29.0 Å². The van der Waals surface area contributed by atoms with Crippen LogP contribution in [0.1, 0.15) is 23.7 Å². The van der Waals surface area contributed by atoms with E-state index in [1.807, 2.05) is 30.3 Å². The van der Waals surface area contributed by atoms with Gasteiger partial charge >= 0.3 is 6.09 Å². The minimum Gasteiger partial charge on any atom is -0.445 e.